The predicted octanol–water partition coefficient (Wildman–Crippen LogP) is 1.96. The number of hydrogen-bond donors (Lipinski definition) is 2. The lowest BCUT2D eigenvalue weighted by molar-refractivity contribution is -0.115. The van der Waals surface area contributed by atoms with Crippen molar-refractivity contribution >= 4 is 0 Å². The minimum absolute atomic E-state index is 0.167. The maximum Gasteiger partial charge on any atom is 0.227 e. The van der Waals surface area contributed by atoms with Crippen molar-refractivity contribution in [2.24, 2.45) is 0 Å². The first-order valence-electron chi connectivity index (χ1n) is 6.11. The van der Waals surface area contributed by atoms with E-state index < -0.39 is 12.4 Å². The van der Waals surface area contributed by atoms with Crippen LogP contribution in [0.4, 0.5) is 4.39 Å². The molecule has 0 saturated carbocycles. The third-order valence-electron chi connectivity index (χ3n) is 2.56. The van der Waals surface area contributed by atoms with Gasteiger partial charge in [0.05, 0.1) is 0 Å². The number of benzene rings is 2. The van der Waals surface area contributed by atoms with Crippen molar-refractivity contribution in [1.82, 2.24) is 0 Å². The second-order valence-corrected chi connectivity index (χ2v) is 4.15. The first-order chi connectivity index (χ1) is 9.65. The number of aliphatic hydroxyl groups is 2. The van der Waals surface area contributed by atoms with Crippen molar-refractivity contribution in [3.05, 3.63) is 60.4 Å². The highest BCUT2D eigenvalue weighted by molar-refractivity contribution is 5.22. The van der Waals surface area contributed by atoms with E-state index in [2.05, 4.69) is 0 Å². The first-order valence-corrected chi connectivity index (χ1v) is 6.11. The number of halogens is 1. The van der Waals surface area contributed by atoms with Crippen molar-refractivity contribution in [1.29, 1.82) is 0 Å². The lowest BCUT2D eigenvalue weighted by Crippen LogP contribution is -2.36. The van der Waals surface area contributed by atoms with Gasteiger partial charge in [-0.15, -0.1) is 0 Å². The molecule has 0 radical (unpaired) electrons. The number of para-hydroxylation sites is 1. The Bertz CT molecular complexity index is 515. The molecule has 0 saturated heterocycles. The predicted molar refractivity (Wildman–Crippen MR) is 71.0 cm³/mol. The summed E-state index contributed by atoms with van der Waals surface area (Å²) in [7, 11) is 0. The molecule has 0 aromatic heterocycles. The summed E-state index contributed by atoms with van der Waals surface area (Å²) < 4.78 is 23.1. The van der Waals surface area contributed by atoms with Gasteiger partial charge >= 0.3 is 0 Å². The van der Waals surface area contributed by atoms with E-state index in [4.69, 9.17) is 9.47 Å². The average molecular weight is 278 g/mol. The third kappa shape index (κ3) is 4.22. The van der Waals surface area contributed by atoms with E-state index >= 15 is 0 Å². The Morgan fingerprint density at radius 3 is 2.20 bits per heavy atom. The molecule has 106 valence electrons. The summed E-state index contributed by atoms with van der Waals surface area (Å²) >= 11 is 0. The topological polar surface area (TPSA) is 58.9 Å². The Labute approximate surface area is 116 Å². The monoisotopic (exact) mass is 278 g/mol. The summed E-state index contributed by atoms with van der Waals surface area (Å²) in [4.78, 5) is 0. The van der Waals surface area contributed by atoms with E-state index in [0.717, 1.165) is 0 Å². The lowest BCUT2D eigenvalue weighted by Gasteiger charge is -2.19. The van der Waals surface area contributed by atoms with E-state index in [1.165, 1.54) is 24.3 Å². The second kappa shape index (κ2) is 6.88. The molecule has 2 N–H and O–H groups in total. The molecular formula is C15H15FO4. The summed E-state index contributed by atoms with van der Waals surface area (Å²) in [6.07, 6.45) is -2.63. The van der Waals surface area contributed by atoms with Crippen LogP contribution in [0.25, 0.3) is 0 Å². The Morgan fingerprint density at radius 1 is 0.900 bits per heavy atom. The van der Waals surface area contributed by atoms with Gasteiger partial charge in [0.15, 0.2) is 0 Å². The third-order valence-corrected chi connectivity index (χ3v) is 2.56. The van der Waals surface area contributed by atoms with Gasteiger partial charge in [0.2, 0.25) is 6.29 Å². The van der Waals surface area contributed by atoms with Crippen LogP contribution < -0.4 is 9.47 Å². The molecule has 0 aliphatic rings. The van der Waals surface area contributed by atoms with Gasteiger partial charge in [-0.1, -0.05) is 18.2 Å². The van der Waals surface area contributed by atoms with Gasteiger partial charge in [-0.3, -0.25) is 0 Å². The number of aliphatic hydroxyl groups excluding tert-OH is 2. The number of hydrogen-bond acceptors (Lipinski definition) is 4. The smallest absolute Gasteiger partial charge is 0.227 e. The highest BCUT2D eigenvalue weighted by Crippen LogP contribution is 2.14. The molecule has 2 aromatic rings. The van der Waals surface area contributed by atoms with Gasteiger partial charge in [-0.25, -0.2) is 4.39 Å². The van der Waals surface area contributed by atoms with Crippen LogP contribution in [-0.4, -0.2) is 29.2 Å². The highest BCUT2D eigenvalue weighted by Gasteiger charge is 2.18. The summed E-state index contributed by atoms with van der Waals surface area (Å²) in [5.41, 5.74) is 0. The zero-order valence-corrected chi connectivity index (χ0v) is 10.6. The van der Waals surface area contributed by atoms with Gasteiger partial charge < -0.3 is 19.7 Å². The van der Waals surface area contributed by atoms with E-state index in [9.17, 15) is 14.6 Å². The van der Waals surface area contributed by atoms with Crippen LogP contribution in [0, 0.1) is 5.82 Å². The Hall–Kier alpha value is -2.11. The molecule has 0 aliphatic carbocycles. The zero-order chi connectivity index (χ0) is 14.4. The van der Waals surface area contributed by atoms with Crippen LogP contribution in [0.15, 0.2) is 54.6 Å². The molecule has 2 atom stereocenters. The van der Waals surface area contributed by atoms with E-state index in [0.29, 0.717) is 11.5 Å². The summed E-state index contributed by atoms with van der Waals surface area (Å²) in [6, 6.07) is 14.0. The molecule has 0 spiro atoms. The maximum atomic E-state index is 12.7. The van der Waals surface area contributed by atoms with Crippen LogP contribution in [-0.2, 0) is 0 Å². The maximum absolute atomic E-state index is 12.7. The molecular weight excluding hydrogens is 263 g/mol. The molecule has 0 bridgehead atoms. The molecule has 2 rings (SSSR count). The number of rotatable bonds is 6. The van der Waals surface area contributed by atoms with Crippen LogP contribution in [0.2, 0.25) is 0 Å². The Balaban J connectivity index is 1.82. The van der Waals surface area contributed by atoms with Gasteiger partial charge in [0.25, 0.3) is 0 Å². The minimum atomic E-state index is -1.40. The van der Waals surface area contributed by atoms with Crippen LogP contribution in [0.5, 0.6) is 11.5 Å². The molecule has 2 unspecified atom stereocenters. The van der Waals surface area contributed by atoms with Crippen LogP contribution in [0.1, 0.15) is 0 Å². The van der Waals surface area contributed by atoms with E-state index in [-0.39, 0.29) is 12.4 Å². The van der Waals surface area contributed by atoms with Gasteiger partial charge in [0.1, 0.15) is 30.0 Å². The Morgan fingerprint density at radius 2 is 1.55 bits per heavy atom. The SMILES string of the molecule is OC(COc1ccc(F)cc1)C(O)Oc1ccccc1. The zero-order valence-electron chi connectivity index (χ0n) is 10.6. The molecule has 20 heavy (non-hydrogen) atoms. The van der Waals surface area contributed by atoms with E-state index in [1.54, 1.807) is 24.3 Å². The molecule has 4 nitrogen and oxygen atoms in total. The number of ether oxygens (including phenoxy) is 2. The summed E-state index contributed by atoms with van der Waals surface area (Å²) in [6.45, 7) is -0.167. The van der Waals surface area contributed by atoms with Gasteiger partial charge in [0, 0.05) is 0 Å². The van der Waals surface area contributed by atoms with Crippen molar-refractivity contribution < 1.29 is 24.1 Å². The molecule has 2 aromatic carbocycles. The second-order valence-electron chi connectivity index (χ2n) is 4.15. The van der Waals surface area contributed by atoms with Crippen LogP contribution in [0.3, 0.4) is 0 Å². The largest absolute Gasteiger partial charge is 0.491 e. The normalized spacial score (nSPS) is 13.6. The highest BCUT2D eigenvalue weighted by atomic mass is 19.1. The molecule has 0 fully saturated rings. The summed E-state index contributed by atoms with van der Waals surface area (Å²) in [5, 5.41) is 19.4. The Kier molecular flexibility index (Phi) is 4.92. The fourth-order valence-corrected chi connectivity index (χ4v) is 1.51. The van der Waals surface area contributed by atoms with Crippen LogP contribution >= 0.6 is 0 Å². The molecule has 0 heterocycles. The summed E-state index contributed by atoms with van der Waals surface area (Å²) in [5.74, 6) is 0.475. The van der Waals surface area contributed by atoms with Crippen molar-refractivity contribution in [3.63, 3.8) is 0 Å². The quantitative estimate of drug-likeness (QED) is 0.793. The standard InChI is InChI=1S/C15H15FO4/c16-11-6-8-12(9-7-11)19-10-14(17)15(18)20-13-4-2-1-3-5-13/h1-9,14-15,17-18H,10H2. The molecule has 0 aliphatic heterocycles. The average Bonchev–Trinajstić information content (AvgIpc) is 2.47. The molecule has 5 heteroatoms. The van der Waals surface area contributed by atoms with Crippen molar-refractivity contribution in [3.8, 4) is 11.5 Å². The first kappa shape index (κ1) is 14.3. The fourth-order valence-electron chi connectivity index (χ4n) is 1.51. The van der Waals surface area contributed by atoms with Crippen molar-refractivity contribution in [2.45, 2.75) is 12.4 Å². The minimum Gasteiger partial charge on any atom is -0.491 e. The molecule has 0 amide bonds. The van der Waals surface area contributed by atoms with Gasteiger partial charge in [-0.2, -0.15) is 0 Å². The fraction of sp³-hybridized carbons (Fsp3) is 0.200. The van der Waals surface area contributed by atoms with E-state index in [1.807, 2.05) is 6.07 Å². The van der Waals surface area contributed by atoms with Crippen molar-refractivity contribution in [2.75, 3.05) is 6.61 Å². The van der Waals surface area contributed by atoms with Gasteiger partial charge in [-0.05, 0) is 36.4 Å². The lowest BCUT2D eigenvalue weighted by atomic mass is 10.3.